The number of benzene rings is 2. The topological polar surface area (TPSA) is 100 Å². The van der Waals surface area contributed by atoms with E-state index in [0.29, 0.717) is 22.2 Å². The fourth-order valence-electron chi connectivity index (χ4n) is 2.21. The number of aromatic amines is 1. The lowest BCUT2D eigenvalue weighted by Crippen LogP contribution is -2.32. The summed E-state index contributed by atoms with van der Waals surface area (Å²) in [4.78, 5) is 27.1. The van der Waals surface area contributed by atoms with Gasteiger partial charge in [0, 0.05) is 0 Å². The molecule has 0 bridgehead atoms. The molecule has 124 valence electrons. The van der Waals surface area contributed by atoms with Gasteiger partial charge in [-0.25, -0.2) is 4.79 Å². The van der Waals surface area contributed by atoms with Crippen molar-refractivity contribution in [1.82, 2.24) is 9.66 Å². The molecule has 7 nitrogen and oxygen atoms in total. The van der Waals surface area contributed by atoms with Crippen molar-refractivity contribution in [1.29, 1.82) is 5.26 Å². The highest BCUT2D eigenvalue weighted by Crippen LogP contribution is 2.21. The minimum atomic E-state index is -0.608. The van der Waals surface area contributed by atoms with E-state index >= 15 is 0 Å². The second-order valence-corrected chi connectivity index (χ2v) is 6.14. The Hall–Kier alpha value is -2.93. The molecule has 3 rings (SSSR count). The van der Waals surface area contributed by atoms with Crippen LogP contribution in [0, 0.1) is 14.9 Å². The first-order valence-electron chi connectivity index (χ1n) is 7.18. The average molecular weight is 446 g/mol. The van der Waals surface area contributed by atoms with E-state index in [1.54, 1.807) is 42.5 Å². The number of ether oxygens (including phenoxy) is 1. The summed E-state index contributed by atoms with van der Waals surface area (Å²) >= 11 is 2.07. The van der Waals surface area contributed by atoms with Crippen molar-refractivity contribution in [3.63, 3.8) is 0 Å². The van der Waals surface area contributed by atoms with Crippen LogP contribution in [0.15, 0.2) is 57.2 Å². The van der Waals surface area contributed by atoms with Crippen LogP contribution in [0.1, 0.15) is 5.56 Å². The third kappa shape index (κ3) is 3.61. The first kappa shape index (κ1) is 16.9. The monoisotopic (exact) mass is 446 g/mol. The predicted molar refractivity (Wildman–Crippen MR) is 102 cm³/mol. The van der Waals surface area contributed by atoms with Crippen molar-refractivity contribution in [2.24, 2.45) is 5.10 Å². The number of nitrogens with zero attached hydrogens (tertiary/aromatic N) is 3. The summed E-state index contributed by atoms with van der Waals surface area (Å²) in [5, 5.41) is 12.9. The Bertz CT molecular complexity index is 1130. The number of fused-ring (bicyclic) bond motifs is 1. The Morgan fingerprint density at radius 2 is 2.08 bits per heavy atom. The highest BCUT2D eigenvalue weighted by atomic mass is 127. The van der Waals surface area contributed by atoms with Crippen LogP contribution in [0.4, 0.5) is 0 Å². The van der Waals surface area contributed by atoms with Gasteiger partial charge in [-0.05, 0) is 58.5 Å². The van der Waals surface area contributed by atoms with Gasteiger partial charge in [-0.2, -0.15) is 10.4 Å². The molecule has 0 saturated heterocycles. The van der Waals surface area contributed by atoms with Crippen molar-refractivity contribution in [3.8, 4) is 11.8 Å². The Kier molecular flexibility index (Phi) is 4.95. The van der Waals surface area contributed by atoms with Crippen molar-refractivity contribution in [3.05, 3.63) is 72.4 Å². The van der Waals surface area contributed by atoms with Crippen LogP contribution >= 0.6 is 22.6 Å². The SMILES string of the molecule is N#CCOc1ccc(C=Nn2c(=O)[nH]c3ccccc3c2=O)cc1I. The molecule has 0 fully saturated rings. The zero-order chi connectivity index (χ0) is 17.8. The van der Waals surface area contributed by atoms with Gasteiger partial charge < -0.3 is 9.72 Å². The molecule has 0 amide bonds. The van der Waals surface area contributed by atoms with Crippen LogP contribution in [-0.2, 0) is 0 Å². The van der Waals surface area contributed by atoms with E-state index in [-0.39, 0.29) is 6.61 Å². The fourth-order valence-corrected chi connectivity index (χ4v) is 2.90. The Labute approximate surface area is 155 Å². The summed E-state index contributed by atoms with van der Waals surface area (Å²) in [6, 6.07) is 13.9. The standard InChI is InChI=1S/C17H11IN4O3/c18-13-9-11(5-6-15(13)25-8-7-19)10-20-22-16(23)12-3-1-2-4-14(12)21-17(22)24/h1-6,9-10H,8H2,(H,21,24). The van der Waals surface area contributed by atoms with Crippen LogP contribution in [0.5, 0.6) is 5.75 Å². The normalized spacial score (nSPS) is 10.9. The summed E-state index contributed by atoms with van der Waals surface area (Å²) < 4.78 is 6.84. The minimum absolute atomic E-state index is 0.0364. The minimum Gasteiger partial charge on any atom is -0.478 e. The van der Waals surface area contributed by atoms with E-state index in [9.17, 15) is 9.59 Å². The van der Waals surface area contributed by atoms with Gasteiger partial charge in [0.1, 0.15) is 11.8 Å². The molecule has 1 heterocycles. The van der Waals surface area contributed by atoms with Gasteiger partial charge in [-0.1, -0.05) is 12.1 Å². The summed E-state index contributed by atoms with van der Waals surface area (Å²) in [5.41, 5.74) is 0.0635. The number of hydrogen-bond donors (Lipinski definition) is 1. The molecule has 0 saturated carbocycles. The zero-order valence-corrected chi connectivity index (χ0v) is 14.9. The molecule has 1 N–H and O–H groups in total. The number of nitrogens with one attached hydrogen (secondary N) is 1. The molecule has 0 aliphatic heterocycles. The smallest absolute Gasteiger partial charge is 0.349 e. The molecule has 0 radical (unpaired) electrons. The Morgan fingerprint density at radius 3 is 2.84 bits per heavy atom. The van der Waals surface area contributed by atoms with Crippen molar-refractivity contribution < 1.29 is 4.74 Å². The van der Waals surface area contributed by atoms with Crippen molar-refractivity contribution in [2.75, 3.05) is 6.61 Å². The average Bonchev–Trinajstić information content (AvgIpc) is 2.61. The second kappa shape index (κ2) is 7.31. The summed E-state index contributed by atoms with van der Waals surface area (Å²) in [7, 11) is 0. The van der Waals surface area contributed by atoms with Gasteiger partial charge >= 0.3 is 5.69 Å². The molecular formula is C17H11IN4O3. The zero-order valence-electron chi connectivity index (χ0n) is 12.8. The molecular weight excluding hydrogens is 435 g/mol. The highest BCUT2D eigenvalue weighted by Gasteiger charge is 2.06. The number of nitriles is 1. The molecule has 0 aliphatic rings. The first-order chi connectivity index (χ1) is 12.1. The quantitative estimate of drug-likeness (QED) is 0.490. The molecule has 0 aliphatic carbocycles. The highest BCUT2D eigenvalue weighted by molar-refractivity contribution is 14.1. The molecule has 1 aromatic heterocycles. The lowest BCUT2D eigenvalue weighted by Gasteiger charge is -2.05. The Morgan fingerprint density at radius 1 is 1.28 bits per heavy atom. The van der Waals surface area contributed by atoms with Gasteiger partial charge in [-0.3, -0.25) is 4.79 Å². The van der Waals surface area contributed by atoms with E-state index < -0.39 is 11.2 Å². The largest absolute Gasteiger partial charge is 0.478 e. The van der Waals surface area contributed by atoms with E-state index in [1.807, 2.05) is 6.07 Å². The van der Waals surface area contributed by atoms with Gasteiger partial charge in [0.25, 0.3) is 5.56 Å². The molecule has 8 heteroatoms. The third-order valence-electron chi connectivity index (χ3n) is 3.35. The summed E-state index contributed by atoms with van der Waals surface area (Å²) in [5.74, 6) is 0.583. The van der Waals surface area contributed by atoms with E-state index in [4.69, 9.17) is 10.00 Å². The van der Waals surface area contributed by atoms with Crippen LogP contribution in [0.2, 0.25) is 0 Å². The summed E-state index contributed by atoms with van der Waals surface area (Å²) in [6.07, 6.45) is 1.42. The number of H-pyrrole nitrogens is 1. The summed E-state index contributed by atoms with van der Waals surface area (Å²) in [6.45, 7) is -0.0364. The molecule has 0 spiro atoms. The van der Waals surface area contributed by atoms with Gasteiger partial charge in [-0.15, -0.1) is 4.68 Å². The van der Waals surface area contributed by atoms with Gasteiger partial charge in [0.05, 0.1) is 20.7 Å². The van der Waals surface area contributed by atoms with Gasteiger partial charge in [0.2, 0.25) is 0 Å². The van der Waals surface area contributed by atoms with Crippen LogP contribution < -0.4 is 16.0 Å². The molecule has 3 aromatic rings. The third-order valence-corrected chi connectivity index (χ3v) is 4.20. The number of hydrogen-bond acceptors (Lipinski definition) is 5. The van der Waals surface area contributed by atoms with Crippen LogP contribution in [0.3, 0.4) is 0 Å². The number of para-hydroxylation sites is 1. The first-order valence-corrected chi connectivity index (χ1v) is 8.26. The lowest BCUT2D eigenvalue weighted by atomic mass is 10.2. The maximum absolute atomic E-state index is 12.4. The predicted octanol–water partition coefficient (Wildman–Crippen LogP) is 2.08. The second-order valence-electron chi connectivity index (χ2n) is 4.97. The van der Waals surface area contributed by atoms with E-state index in [1.165, 1.54) is 6.21 Å². The van der Waals surface area contributed by atoms with E-state index in [0.717, 1.165) is 8.25 Å². The number of aromatic nitrogens is 2. The van der Waals surface area contributed by atoms with Crippen LogP contribution in [-0.4, -0.2) is 22.5 Å². The molecule has 0 unspecified atom stereocenters. The van der Waals surface area contributed by atoms with Crippen molar-refractivity contribution >= 4 is 39.7 Å². The molecule has 2 aromatic carbocycles. The van der Waals surface area contributed by atoms with Gasteiger partial charge in [0.15, 0.2) is 6.61 Å². The van der Waals surface area contributed by atoms with E-state index in [2.05, 4.69) is 32.7 Å². The lowest BCUT2D eigenvalue weighted by molar-refractivity contribution is 0.365. The maximum Gasteiger partial charge on any atom is 0.349 e. The van der Waals surface area contributed by atoms with Crippen molar-refractivity contribution in [2.45, 2.75) is 0 Å². The fraction of sp³-hybridized carbons (Fsp3) is 0.0588. The number of rotatable bonds is 4. The Balaban J connectivity index is 1.96. The van der Waals surface area contributed by atoms with Crippen LogP contribution in [0.25, 0.3) is 10.9 Å². The maximum atomic E-state index is 12.4. The number of halogens is 1. The molecule has 0 atom stereocenters. The molecule has 25 heavy (non-hydrogen) atoms.